The highest BCUT2D eigenvalue weighted by Crippen LogP contribution is 2.25. The molecule has 1 aromatic heterocycles. The van der Waals surface area contributed by atoms with E-state index in [-0.39, 0.29) is 25.3 Å². The van der Waals surface area contributed by atoms with Crippen molar-refractivity contribution in [2.24, 2.45) is 0 Å². The number of carbonyl (C=O) groups is 2. The van der Waals surface area contributed by atoms with Gasteiger partial charge in [0.05, 0.1) is 20.1 Å². The molecule has 0 saturated heterocycles. The number of aromatic nitrogens is 1. The largest absolute Gasteiger partial charge is 0.469 e. The van der Waals surface area contributed by atoms with Gasteiger partial charge in [0.15, 0.2) is 11.6 Å². The third kappa shape index (κ3) is 3.63. The number of nitrogens with one attached hydrogen (secondary N) is 1. The predicted molar refractivity (Wildman–Crippen MR) is 76.1 cm³/mol. The van der Waals surface area contributed by atoms with Crippen molar-refractivity contribution in [2.45, 2.75) is 25.8 Å². The van der Waals surface area contributed by atoms with Crippen LogP contribution in [-0.2, 0) is 22.5 Å². The number of carboxylic acid groups (broad SMARTS) is 1. The van der Waals surface area contributed by atoms with Gasteiger partial charge in [-0.15, -0.1) is 0 Å². The fourth-order valence-electron chi connectivity index (χ4n) is 2.35. The third-order valence-corrected chi connectivity index (χ3v) is 3.55. The van der Waals surface area contributed by atoms with Crippen LogP contribution in [-0.4, -0.2) is 47.3 Å². The molecule has 1 aliphatic rings. The summed E-state index contributed by atoms with van der Waals surface area (Å²) in [5, 5.41) is 11.8. The molecule has 7 nitrogen and oxygen atoms in total. The van der Waals surface area contributed by atoms with Crippen LogP contribution in [0.1, 0.15) is 24.0 Å². The summed E-state index contributed by atoms with van der Waals surface area (Å²) < 4.78 is 19.0. The molecule has 0 radical (unpaired) electrons. The van der Waals surface area contributed by atoms with Gasteiger partial charge in [0.1, 0.15) is 0 Å². The van der Waals surface area contributed by atoms with Gasteiger partial charge < -0.3 is 20.1 Å². The summed E-state index contributed by atoms with van der Waals surface area (Å²) in [5.74, 6) is -0.940. The molecule has 8 heteroatoms. The molecule has 0 fully saturated rings. The van der Waals surface area contributed by atoms with Crippen LogP contribution in [0.15, 0.2) is 6.20 Å². The fraction of sp³-hybridized carbons (Fsp3) is 0.500. The average Bonchev–Trinajstić information content (AvgIpc) is 2.72. The van der Waals surface area contributed by atoms with E-state index in [9.17, 15) is 14.0 Å². The van der Waals surface area contributed by atoms with E-state index in [0.29, 0.717) is 24.9 Å². The van der Waals surface area contributed by atoms with Crippen molar-refractivity contribution < 1.29 is 23.8 Å². The average molecular weight is 311 g/mol. The van der Waals surface area contributed by atoms with E-state index in [4.69, 9.17) is 5.11 Å². The third-order valence-electron chi connectivity index (χ3n) is 3.55. The number of pyridine rings is 1. The maximum Gasteiger partial charge on any atom is 0.407 e. The van der Waals surface area contributed by atoms with E-state index in [1.165, 1.54) is 12.0 Å². The van der Waals surface area contributed by atoms with E-state index >= 15 is 0 Å². The van der Waals surface area contributed by atoms with Crippen LogP contribution in [0.4, 0.5) is 15.0 Å². The SMILES string of the molecule is COC(=O)CCNc1ncc2c(c1F)CN(C(=O)O)CCC2. The maximum atomic E-state index is 14.5. The van der Waals surface area contributed by atoms with Crippen LogP contribution in [0.3, 0.4) is 0 Å². The molecule has 2 N–H and O–H groups in total. The van der Waals surface area contributed by atoms with Crippen LogP contribution in [0.5, 0.6) is 0 Å². The summed E-state index contributed by atoms with van der Waals surface area (Å²) in [5.41, 5.74) is 1.07. The highest BCUT2D eigenvalue weighted by Gasteiger charge is 2.23. The second-order valence-corrected chi connectivity index (χ2v) is 4.99. The number of methoxy groups -OCH3 is 1. The Morgan fingerprint density at radius 1 is 1.55 bits per heavy atom. The molecule has 0 unspecified atom stereocenters. The quantitative estimate of drug-likeness (QED) is 0.821. The van der Waals surface area contributed by atoms with Gasteiger partial charge in [0.2, 0.25) is 0 Å². The summed E-state index contributed by atoms with van der Waals surface area (Å²) in [6, 6.07) is 0. The lowest BCUT2D eigenvalue weighted by Crippen LogP contribution is -2.29. The van der Waals surface area contributed by atoms with Crippen molar-refractivity contribution in [1.82, 2.24) is 9.88 Å². The Morgan fingerprint density at radius 3 is 3.00 bits per heavy atom. The standard InChI is InChI=1S/C14H18FN3O4/c1-22-11(19)4-5-16-13-12(15)10-8-18(14(20)21)6-2-3-9(10)7-17-13/h7H,2-6,8H2,1H3,(H,16,17)(H,20,21). The Labute approximate surface area is 127 Å². The number of nitrogens with zero attached hydrogens (tertiary/aromatic N) is 2. The highest BCUT2D eigenvalue weighted by atomic mass is 19.1. The number of hydrogen-bond donors (Lipinski definition) is 2. The first-order valence-corrected chi connectivity index (χ1v) is 6.97. The normalized spacial score (nSPS) is 14.0. The summed E-state index contributed by atoms with van der Waals surface area (Å²) in [6.45, 7) is 0.567. The lowest BCUT2D eigenvalue weighted by molar-refractivity contribution is -0.140. The van der Waals surface area contributed by atoms with Crippen LogP contribution in [0.25, 0.3) is 0 Å². The number of ether oxygens (including phenoxy) is 1. The molecular formula is C14H18FN3O4. The summed E-state index contributed by atoms with van der Waals surface area (Å²) in [6.07, 6.45) is 1.81. The van der Waals surface area contributed by atoms with E-state index < -0.39 is 17.9 Å². The Hall–Kier alpha value is -2.38. The molecule has 0 aliphatic carbocycles. The van der Waals surface area contributed by atoms with Gasteiger partial charge in [-0.05, 0) is 18.4 Å². The first-order valence-electron chi connectivity index (χ1n) is 6.97. The van der Waals surface area contributed by atoms with Crippen molar-refractivity contribution in [3.05, 3.63) is 23.1 Å². The van der Waals surface area contributed by atoms with Crippen LogP contribution in [0, 0.1) is 5.82 Å². The zero-order chi connectivity index (χ0) is 16.1. The van der Waals surface area contributed by atoms with Crippen molar-refractivity contribution in [3.8, 4) is 0 Å². The number of rotatable bonds is 4. The summed E-state index contributed by atoms with van der Waals surface area (Å²) in [4.78, 5) is 27.4. The molecule has 1 aliphatic heterocycles. The number of hydrogen-bond acceptors (Lipinski definition) is 5. The highest BCUT2D eigenvalue weighted by molar-refractivity contribution is 5.69. The monoisotopic (exact) mass is 311 g/mol. The molecule has 0 bridgehead atoms. The van der Waals surface area contributed by atoms with Crippen LogP contribution >= 0.6 is 0 Å². The van der Waals surface area contributed by atoms with Crippen LogP contribution < -0.4 is 5.32 Å². The lowest BCUT2D eigenvalue weighted by Gasteiger charge is -2.17. The molecule has 22 heavy (non-hydrogen) atoms. The van der Waals surface area contributed by atoms with Crippen LogP contribution in [0.2, 0.25) is 0 Å². The molecule has 0 aromatic carbocycles. The molecule has 2 rings (SSSR count). The van der Waals surface area contributed by atoms with Gasteiger partial charge >= 0.3 is 12.1 Å². The van der Waals surface area contributed by atoms with Crippen molar-refractivity contribution >= 4 is 17.9 Å². The van der Waals surface area contributed by atoms with Crippen molar-refractivity contribution in [3.63, 3.8) is 0 Å². The molecule has 0 spiro atoms. The van der Waals surface area contributed by atoms with E-state index in [0.717, 1.165) is 5.56 Å². The second-order valence-electron chi connectivity index (χ2n) is 4.99. The number of amides is 1. The fourth-order valence-corrected chi connectivity index (χ4v) is 2.35. The summed E-state index contributed by atoms with van der Waals surface area (Å²) in [7, 11) is 1.28. The lowest BCUT2D eigenvalue weighted by atomic mass is 10.1. The Bertz CT molecular complexity index is 579. The Morgan fingerprint density at radius 2 is 2.32 bits per heavy atom. The number of carbonyl (C=O) groups excluding carboxylic acids is 1. The van der Waals surface area contributed by atoms with Gasteiger partial charge in [0, 0.05) is 24.8 Å². The van der Waals surface area contributed by atoms with E-state index in [1.54, 1.807) is 6.20 Å². The Balaban J connectivity index is 2.15. The number of fused-ring (bicyclic) bond motifs is 1. The number of halogens is 1. The van der Waals surface area contributed by atoms with Gasteiger partial charge in [0.25, 0.3) is 0 Å². The van der Waals surface area contributed by atoms with Gasteiger partial charge in [-0.2, -0.15) is 0 Å². The van der Waals surface area contributed by atoms with Crippen molar-refractivity contribution in [1.29, 1.82) is 0 Å². The smallest absolute Gasteiger partial charge is 0.407 e. The molecule has 1 amide bonds. The maximum absolute atomic E-state index is 14.5. The zero-order valence-corrected chi connectivity index (χ0v) is 12.3. The molecular weight excluding hydrogens is 293 g/mol. The van der Waals surface area contributed by atoms with Gasteiger partial charge in [-0.3, -0.25) is 4.79 Å². The number of anilines is 1. The number of esters is 1. The predicted octanol–water partition coefficient (Wildman–Crippen LogP) is 1.62. The molecule has 0 atom stereocenters. The first kappa shape index (κ1) is 16.0. The summed E-state index contributed by atoms with van der Waals surface area (Å²) >= 11 is 0. The molecule has 0 saturated carbocycles. The van der Waals surface area contributed by atoms with E-state index in [2.05, 4.69) is 15.0 Å². The number of aryl methyl sites for hydroxylation is 1. The van der Waals surface area contributed by atoms with E-state index in [1.807, 2.05) is 0 Å². The second kappa shape index (κ2) is 7.06. The molecule has 1 aromatic rings. The molecule has 2 heterocycles. The Kier molecular flexibility index (Phi) is 5.13. The minimum Gasteiger partial charge on any atom is -0.469 e. The zero-order valence-electron chi connectivity index (χ0n) is 12.3. The minimum atomic E-state index is -1.07. The first-order chi connectivity index (χ1) is 10.5. The minimum absolute atomic E-state index is 0.00466. The van der Waals surface area contributed by atoms with Crippen molar-refractivity contribution in [2.75, 3.05) is 25.5 Å². The van der Waals surface area contributed by atoms with Gasteiger partial charge in [-0.25, -0.2) is 14.2 Å². The molecule has 120 valence electrons. The topological polar surface area (TPSA) is 91.8 Å². The van der Waals surface area contributed by atoms with Gasteiger partial charge in [-0.1, -0.05) is 0 Å².